The standard InChI is InChI=1S/C15H24N2O2/c1-5-7-11(4)16-14(18)12-9-10(3)13(8-6-2)17-15(12)19/h9,11H,5-8H2,1-4H3,(H,16,18)(H,17,19)/t11-/m1/s1. The third-order valence-corrected chi connectivity index (χ3v) is 3.19. The van der Waals surface area contributed by atoms with Gasteiger partial charge in [0.25, 0.3) is 11.5 Å². The molecule has 0 saturated heterocycles. The molecule has 0 aromatic carbocycles. The highest BCUT2D eigenvalue weighted by Gasteiger charge is 2.14. The number of amides is 1. The largest absolute Gasteiger partial charge is 0.349 e. The van der Waals surface area contributed by atoms with Crippen LogP contribution in [0.2, 0.25) is 0 Å². The van der Waals surface area contributed by atoms with E-state index >= 15 is 0 Å². The first-order chi connectivity index (χ1) is 8.99. The van der Waals surface area contributed by atoms with Crippen LogP contribution in [0, 0.1) is 6.92 Å². The van der Waals surface area contributed by atoms with E-state index in [4.69, 9.17) is 0 Å². The van der Waals surface area contributed by atoms with Gasteiger partial charge in [-0.3, -0.25) is 9.59 Å². The lowest BCUT2D eigenvalue weighted by atomic mass is 10.1. The van der Waals surface area contributed by atoms with Crippen LogP contribution in [0.3, 0.4) is 0 Å². The molecule has 4 nitrogen and oxygen atoms in total. The topological polar surface area (TPSA) is 62.0 Å². The summed E-state index contributed by atoms with van der Waals surface area (Å²) in [4.78, 5) is 26.8. The van der Waals surface area contributed by atoms with E-state index in [-0.39, 0.29) is 23.1 Å². The van der Waals surface area contributed by atoms with Crippen LogP contribution in [0.25, 0.3) is 0 Å². The van der Waals surface area contributed by atoms with Crippen molar-refractivity contribution in [1.29, 1.82) is 0 Å². The van der Waals surface area contributed by atoms with Crippen molar-refractivity contribution >= 4 is 5.91 Å². The summed E-state index contributed by atoms with van der Waals surface area (Å²) in [7, 11) is 0. The maximum Gasteiger partial charge on any atom is 0.261 e. The highest BCUT2D eigenvalue weighted by Crippen LogP contribution is 2.07. The minimum Gasteiger partial charge on any atom is -0.349 e. The van der Waals surface area contributed by atoms with E-state index in [1.807, 2.05) is 13.8 Å². The smallest absolute Gasteiger partial charge is 0.261 e. The monoisotopic (exact) mass is 264 g/mol. The van der Waals surface area contributed by atoms with Gasteiger partial charge in [0.2, 0.25) is 0 Å². The van der Waals surface area contributed by atoms with Crippen molar-refractivity contribution in [3.63, 3.8) is 0 Å². The van der Waals surface area contributed by atoms with Gasteiger partial charge in [-0.25, -0.2) is 0 Å². The minimum atomic E-state index is -0.296. The van der Waals surface area contributed by atoms with Crippen molar-refractivity contribution in [2.45, 2.75) is 59.4 Å². The van der Waals surface area contributed by atoms with Gasteiger partial charge in [-0.2, -0.15) is 0 Å². The number of H-pyrrole nitrogens is 1. The fourth-order valence-corrected chi connectivity index (χ4v) is 2.16. The molecule has 0 radical (unpaired) electrons. The highest BCUT2D eigenvalue weighted by molar-refractivity contribution is 5.94. The molecule has 0 aliphatic carbocycles. The Bertz CT molecular complexity index is 491. The SMILES string of the molecule is CCCc1[nH]c(=O)c(C(=O)N[C@H](C)CCC)cc1C. The first-order valence-corrected chi connectivity index (χ1v) is 7.03. The lowest BCUT2D eigenvalue weighted by molar-refractivity contribution is 0.0936. The Kier molecular flexibility index (Phi) is 5.80. The summed E-state index contributed by atoms with van der Waals surface area (Å²) in [5.41, 5.74) is 1.80. The minimum absolute atomic E-state index is 0.0903. The van der Waals surface area contributed by atoms with Crippen molar-refractivity contribution in [3.8, 4) is 0 Å². The molecule has 0 spiro atoms. The van der Waals surface area contributed by atoms with Crippen LogP contribution in [0.4, 0.5) is 0 Å². The molecular weight excluding hydrogens is 240 g/mol. The summed E-state index contributed by atoms with van der Waals surface area (Å²) >= 11 is 0. The van der Waals surface area contributed by atoms with E-state index in [0.29, 0.717) is 0 Å². The summed E-state index contributed by atoms with van der Waals surface area (Å²) in [6.07, 6.45) is 3.72. The van der Waals surface area contributed by atoms with Crippen molar-refractivity contribution in [2.75, 3.05) is 0 Å². The molecule has 0 aliphatic heterocycles. The molecule has 0 bridgehead atoms. The predicted molar refractivity (Wildman–Crippen MR) is 77.6 cm³/mol. The van der Waals surface area contributed by atoms with Crippen molar-refractivity contribution < 1.29 is 4.79 Å². The molecule has 0 unspecified atom stereocenters. The average molecular weight is 264 g/mol. The van der Waals surface area contributed by atoms with E-state index in [1.165, 1.54) is 0 Å². The van der Waals surface area contributed by atoms with Crippen molar-refractivity contribution in [2.24, 2.45) is 0 Å². The Balaban J connectivity index is 2.92. The number of rotatable bonds is 6. The highest BCUT2D eigenvalue weighted by atomic mass is 16.2. The van der Waals surface area contributed by atoms with Gasteiger partial charge in [-0.05, 0) is 38.3 Å². The third kappa shape index (κ3) is 4.23. The number of carbonyl (C=O) groups is 1. The van der Waals surface area contributed by atoms with E-state index in [9.17, 15) is 9.59 Å². The number of aromatic nitrogens is 1. The molecule has 1 heterocycles. The normalized spacial score (nSPS) is 12.2. The van der Waals surface area contributed by atoms with Crippen LogP contribution >= 0.6 is 0 Å². The van der Waals surface area contributed by atoms with Gasteiger partial charge in [-0.15, -0.1) is 0 Å². The summed E-state index contributed by atoms with van der Waals surface area (Å²) < 4.78 is 0. The van der Waals surface area contributed by atoms with Gasteiger partial charge in [0.1, 0.15) is 5.56 Å². The maximum absolute atomic E-state index is 12.0. The Morgan fingerprint density at radius 1 is 1.37 bits per heavy atom. The quantitative estimate of drug-likeness (QED) is 0.829. The number of aryl methyl sites for hydroxylation is 2. The number of nitrogens with one attached hydrogen (secondary N) is 2. The predicted octanol–water partition coefficient (Wildman–Crippen LogP) is 2.55. The first-order valence-electron chi connectivity index (χ1n) is 7.03. The molecule has 2 N–H and O–H groups in total. The number of hydrogen-bond donors (Lipinski definition) is 2. The van der Waals surface area contributed by atoms with E-state index in [0.717, 1.165) is 36.9 Å². The maximum atomic E-state index is 12.0. The molecule has 1 aromatic heterocycles. The Morgan fingerprint density at radius 3 is 2.63 bits per heavy atom. The average Bonchev–Trinajstić information content (AvgIpc) is 2.33. The summed E-state index contributed by atoms with van der Waals surface area (Å²) in [5, 5.41) is 2.86. The molecule has 1 amide bonds. The lowest BCUT2D eigenvalue weighted by Gasteiger charge is -2.13. The first kappa shape index (κ1) is 15.5. The zero-order valence-corrected chi connectivity index (χ0v) is 12.3. The molecule has 1 rings (SSSR count). The molecule has 1 atom stereocenters. The molecule has 4 heteroatoms. The number of hydrogen-bond acceptors (Lipinski definition) is 2. The Morgan fingerprint density at radius 2 is 2.05 bits per heavy atom. The molecule has 1 aromatic rings. The van der Waals surface area contributed by atoms with Gasteiger partial charge in [0.05, 0.1) is 0 Å². The van der Waals surface area contributed by atoms with Crippen molar-refractivity contribution in [3.05, 3.63) is 33.2 Å². The van der Waals surface area contributed by atoms with Gasteiger partial charge < -0.3 is 10.3 Å². The van der Waals surface area contributed by atoms with E-state index in [1.54, 1.807) is 6.07 Å². The second kappa shape index (κ2) is 7.12. The number of pyridine rings is 1. The van der Waals surface area contributed by atoms with Gasteiger partial charge in [-0.1, -0.05) is 26.7 Å². The summed E-state index contributed by atoms with van der Waals surface area (Å²) in [6, 6.07) is 1.78. The van der Waals surface area contributed by atoms with Gasteiger partial charge in [0, 0.05) is 11.7 Å². The van der Waals surface area contributed by atoms with Crippen LogP contribution < -0.4 is 10.9 Å². The fraction of sp³-hybridized carbons (Fsp3) is 0.600. The van der Waals surface area contributed by atoms with Crippen LogP contribution in [0.1, 0.15) is 61.6 Å². The summed E-state index contributed by atoms with van der Waals surface area (Å²) in [6.45, 7) is 8.01. The molecule has 19 heavy (non-hydrogen) atoms. The fourth-order valence-electron chi connectivity index (χ4n) is 2.16. The van der Waals surface area contributed by atoms with Crippen LogP contribution in [-0.2, 0) is 6.42 Å². The zero-order valence-electron chi connectivity index (χ0n) is 12.3. The van der Waals surface area contributed by atoms with Crippen molar-refractivity contribution in [1.82, 2.24) is 10.3 Å². The molecular formula is C15H24N2O2. The molecule has 0 fully saturated rings. The molecule has 0 saturated carbocycles. The number of aromatic amines is 1. The lowest BCUT2D eigenvalue weighted by Crippen LogP contribution is -2.36. The van der Waals surface area contributed by atoms with E-state index in [2.05, 4.69) is 24.1 Å². The van der Waals surface area contributed by atoms with Gasteiger partial charge >= 0.3 is 0 Å². The van der Waals surface area contributed by atoms with Crippen LogP contribution in [-0.4, -0.2) is 16.9 Å². The number of carbonyl (C=O) groups excluding carboxylic acids is 1. The second-order valence-electron chi connectivity index (χ2n) is 5.09. The molecule has 0 aliphatic rings. The third-order valence-electron chi connectivity index (χ3n) is 3.19. The second-order valence-corrected chi connectivity index (χ2v) is 5.09. The Hall–Kier alpha value is -1.58. The molecule has 106 valence electrons. The Labute approximate surface area is 114 Å². The summed E-state index contributed by atoms with van der Waals surface area (Å²) in [5.74, 6) is -0.284. The zero-order chi connectivity index (χ0) is 14.4. The van der Waals surface area contributed by atoms with Gasteiger partial charge in [0.15, 0.2) is 0 Å². The van der Waals surface area contributed by atoms with Crippen LogP contribution in [0.5, 0.6) is 0 Å². The van der Waals surface area contributed by atoms with Crippen LogP contribution in [0.15, 0.2) is 10.9 Å². The van der Waals surface area contributed by atoms with E-state index < -0.39 is 0 Å².